The molecule has 2 aromatic rings. The lowest BCUT2D eigenvalue weighted by molar-refractivity contribution is 0.156. The second-order valence-corrected chi connectivity index (χ2v) is 5.68. The molecule has 23 heavy (non-hydrogen) atoms. The van der Waals surface area contributed by atoms with E-state index in [4.69, 9.17) is 13.7 Å². The SMILES string of the molecule is COCc1ccc(C2CCCN2C(=O)NCc2cc(C)no2)o1. The van der Waals surface area contributed by atoms with Crippen LogP contribution in [0.1, 0.15) is 41.9 Å². The topological polar surface area (TPSA) is 80.7 Å². The summed E-state index contributed by atoms with van der Waals surface area (Å²) in [5, 5.41) is 6.68. The second kappa shape index (κ2) is 6.87. The fourth-order valence-corrected chi connectivity index (χ4v) is 2.86. The van der Waals surface area contributed by atoms with Gasteiger partial charge < -0.3 is 23.9 Å². The Morgan fingerprint density at radius 2 is 2.35 bits per heavy atom. The van der Waals surface area contributed by atoms with E-state index in [-0.39, 0.29) is 12.1 Å². The van der Waals surface area contributed by atoms with E-state index in [0.29, 0.717) is 25.5 Å². The Morgan fingerprint density at radius 1 is 1.48 bits per heavy atom. The molecule has 1 unspecified atom stereocenters. The molecule has 0 bridgehead atoms. The molecule has 1 fully saturated rings. The number of hydrogen-bond acceptors (Lipinski definition) is 5. The van der Waals surface area contributed by atoms with Crippen molar-refractivity contribution in [3.63, 3.8) is 0 Å². The maximum Gasteiger partial charge on any atom is 0.318 e. The molecule has 0 saturated carbocycles. The molecule has 1 N–H and O–H groups in total. The molecule has 3 heterocycles. The Kier molecular flexibility index (Phi) is 4.66. The largest absolute Gasteiger partial charge is 0.461 e. The zero-order valence-electron chi connectivity index (χ0n) is 13.4. The van der Waals surface area contributed by atoms with Gasteiger partial charge in [0.25, 0.3) is 0 Å². The summed E-state index contributed by atoms with van der Waals surface area (Å²) in [6, 6.07) is 5.48. The molecule has 2 amide bonds. The van der Waals surface area contributed by atoms with Crippen molar-refractivity contribution in [1.82, 2.24) is 15.4 Å². The van der Waals surface area contributed by atoms with E-state index >= 15 is 0 Å². The van der Waals surface area contributed by atoms with Crippen LogP contribution < -0.4 is 5.32 Å². The summed E-state index contributed by atoms with van der Waals surface area (Å²) in [7, 11) is 1.63. The van der Waals surface area contributed by atoms with E-state index in [1.807, 2.05) is 25.1 Å². The number of nitrogens with zero attached hydrogens (tertiary/aromatic N) is 2. The van der Waals surface area contributed by atoms with Crippen molar-refractivity contribution < 1.29 is 18.5 Å². The lowest BCUT2D eigenvalue weighted by Crippen LogP contribution is -2.39. The molecule has 1 atom stereocenters. The van der Waals surface area contributed by atoms with Crippen LogP contribution in [0.3, 0.4) is 0 Å². The quantitative estimate of drug-likeness (QED) is 0.916. The van der Waals surface area contributed by atoms with Gasteiger partial charge in [0.15, 0.2) is 5.76 Å². The van der Waals surface area contributed by atoms with Crippen LogP contribution in [0.5, 0.6) is 0 Å². The lowest BCUT2D eigenvalue weighted by Gasteiger charge is -2.23. The van der Waals surface area contributed by atoms with E-state index in [1.54, 1.807) is 12.0 Å². The number of urea groups is 1. The molecule has 3 rings (SSSR count). The van der Waals surface area contributed by atoms with Gasteiger partial charge in [0, 0.05) is 19.7 Å². The van der Waals surface area contributed by atoms with Crippen LogP contribution in [0.4, 0.5) is 4.79 Å². The molecule has 2 aromatic heterocycles. The van der Waals surface area contributed by atoms with E-state index in [2.05, 4.69) is 10.5 Å². The van der Waals surface area contributed by atoms with Gasteiger partial charge in [0.05, 0.1) is 18.3 Å². The Morgan fingerprint density at radius 3 is 3.09 bits per heavy atom. The van der Waals surface area contributed by atoms with Gasteiger partial charge in [-0.05, 0) is 31.9 Å². The molecule has 1 saturated heterocycles. The smallest absolute Gasteiger partial charge is 0.318 e. The van der Waals surface area contributed by atoms with Crippen molar-refractivity contribution in [3.8, 4) is 0 Å². The van der Waals surface area contributed by atoms with E-state index < -0.39 is 0 Å². The van der Waals surface area contributed by atoms with Gasteiger partial charge in [0.1, 0.15) is 18.1 Å². The van der Waals surface area contributed by atoms with Crippen molar-refractivity contribution >= 4 is 6.03 Å². The number of aromatic nitrogens is 1. The molecular formula is C16H21N3O4. The molecule has 1 aliphatic heterocycles. The predicted molar refractivity (Wildman–Crippen MR) is 81.6 cm³/mol. The maximum atomic E-state index is 12.4. The summed E-state index contributed by atoms with van der Waals surface area (Å²) < 4.78 is 15.9. The number of carbonyl (C=O) groups is 1. The van der Waals surface area contributed by atoms with E-state index in [9.17, 15) is 4.79 Å². The highest BCUT2D eigenvalue weighted by Crippen LogP contribution is 2.33. The third-order valence-electron chi connectivity index (χ3n) is 3.90. The first-order valence-corrected chi connectivity index (χ1v) is 7.71. The third kappa shape index (κ3) is 3.56. The van der Waals surface area contributed by atoms with Crippen molar-refractivity contribution in [3.05, 3.63) is 41.2 Å². The van der Waals surface area contributed by atoms with Gasteiger partial charge in [-0.15, -0.1) is 0 Å². The maximum absolute atomic E-state index is 12.4. The summed E-state index contributed by atoms with van der Waals surface area (Å²) in [6.07, 6.45) is 1.86. The molecule has 0 spiro atoms. The lowest BCUT2D eigenvalue weighted by atomic mass is 10.2. The van der Waals surface area contributed by atoms with Crippen LogP contribution in [0.2, 0.25) is 0 Å². The van der Waals surface area contributed by atoms with Gasteiger partial charge in [0.2, 0.25) is 0 Å². The summed E-state index contributed by atoms with van der Waals surface area (Å²) >= 11 is 0. The van der Waals surface area contributed by atoms with Crippen molar-refractivity contribution in [2.75, 3.05) is 13.7 Å². The molecule has 0 aromatic carbocycles. The number of rotatable bonds is 5. The van der Waals surface area contributed by atoms with Crippen LogP contribution in [-0.4, -0.2) is 29.7 Å². The van der Waals surface area contributed by atoms with E-state index in [1.165, 1.54) is 0 Å². The fraction of sp³-hybridized carbons (Fsp3) is 0.500. The molecule has 1 aliphatic rings. The minimum absolute atomic E-state index is 0.0305. The highest BCUT2D eigenvalue weighted by Gasteiger charge is 2.32. The highest BCUT2D eigenvalue weighted by atomic mass is 16.5. The minimum Gasteiger partial charge on any atom is -0.461 e. The molecule has 0 radical (unpaired) electrons. The minimum atomic E-state index is -0.119. The van der Waals surface area contributed by atoms with Gasteiger partial charge >= 0.3 is 6.03 Å². The Hall–Kier alpha value is -2.28. The number of amides is 2. The van der Waals surface area contributed by atoms with Gasteiger partial charge in [-0.1, -0.05) is 5.16 Å². The first-order chi connectivity index (χ1) is 11.2. The highest BCUT2D eigenvalue weighted by molar-refractivity contribution is 5.74. The predicted octanol–water partition coefficient (Wildman–Crippen LogP) is 2.77. The van der Waals surface area contributed by atoms with Crippen LogP contribution in [0, 0.1) is 6.92 Å². The second-order valence-electron chi connectivity index (χ2n) is 5.68. The van der Waals surface area contributed by atoms with Crippen LogP contribution in [0.15, 0.2) is 27.1 Å². The zero-order chi connectivity index (χ0) is 16.2. The monoisotopic (exact) mass is 319 g/mol. The first kappa shape index (κ1) is 15.6. The van der Waals surface area contributed by atoms with Gasteiger partial charge in [-0.25, -0.2) is 4.79 Å². The third-order valence-corrected chi connectivity index (χ3v) is 3.90. The standard InChI is InChI=1S/C16H21N3O4/c1-11-8-13(23-18-11)9-17-16(20)19-7-3-4-14(19)15-6-5-12(22-15)10-21-2/h5-6,8,14H,3-4,7,9-10H2,1-2H3,(H,17,20). The number of likely N-dealkylation sites (tertiary alicyclic amines) is 1. The number of ether oxygens (including phenoxy) is 1. The number of methoxy groups -OCH3 is 1. The average Bonchev–Trinajstić information content (AvgIpc) is 3.24. The molecule has 7 nitrogen and oxygen atoms in total. The summed E-state index contributed by atoms with van der Waals surface area (Å²) in [5.74, 6) is 2.22. The molecule has 124 valence electrons. The summed E-state index contributed by atoms with van der Waals surface area (Å²) in [6.45, 7) is 3.33. The average molecular weight is 319 g/mol. The fourth-order valence-electron chi connectivity index (χ4n) is 2.86. The van der Waals surface area contributed by atoms with Crippen LogP contribution in [-0.2, 0) is 17.9 Å². The van der Waals surface area contributed by atoms with Gasteiger partial charge in [-0.2, -0.15) is 0 Å². The first-order valence-electron chi connectivity index (χ1n) is 7.71. The summed E-state index contributed by atoms with van der Waals surface area (Å²) in [5.41, 5.74) is 0.801. The number of nitrogens with one attached hydrogen (secondary N) is 1. The van der Waals surface area contributed by atoms with Crippen molar-refractivity contribution in [2.24, 2.45) is 0 Å². The number of furan rings is 1. The molecule has 7 heteroatoms. The van der Waals surface area contributed by atoms with E-state index in [0.717, 1.165) is 30.1 Å². The number of aryl methyl sites for hydroxylation is 1. The van der Waals surface area contributed by atoms with Crippen molar-refractivity contribution in [1.29, 1.82) is 0 Å². The van der Waals surface area contributed by atoms with Gasteiger partial charge in [-0.3, -0.25) is 0 Å². The molecule has 0 aliphatic carbocycles. The summed E-state index contributed by atoms with van der Waals surface area (Å²) in [4.78, 5) is 14.2. The number of carbonyl (C=O) groups excluding carboxylic acids is 1. The Bertz CT molecular complexity index is 664. The Balaban J connectivity index is 1.62. The number of hydrogen-bond donors (Lipinski definition) is 1. The Labute approximate surface area is 134 Å². The zero-order valence-corrected chi connectivity index (χ0v) is 13.4. The van der Waals surface area contributed by atoms with Crippen LogP contribution in [0.25, 0.3) is 0 Å². The normalized spacial score (nSPS) is 17.7. The van der Waals surface area contributed by atoms with Crippen LogP contribution >= 0.6 is 0 Å². The van der Waals surface area contributed by atoms with Crippen molar-refractivity contribution in [2.45, 2.75) is 39.0 Å². The molecular weight excluding hydrogens is 298 g/mol.